The molecule has 5 heteroatoms. The van der Waals surface area contributed by atoms with Crippen molar-refractivity contribution in [3.63, 3.8) is 0 Å². The maximum Gasteiger partial charge on any atom is 0.254 e. The van der Waals surface area contributed by atoms with Gasteiger partial charge in [0.25, 0.3) is 5.91 Å². The molecule has 1 atom stereocenters. The number of nitrogens with one attached hydrogen (secondary N) is 1. The lowest BCUT2D eigenvalue weighted by Gasteiger charge is -2.30. The van der Waals surface area contributed by atoms with Crippen molar-refractivity contribution in [2.75, 3.05) is 26.7 Å². The molecule has 0 spiro atoms. The Labute approximate surface area is 150 Å². The second-order valence-corrected chi connectivity index (χ2v) is 6.05. The van der Waals surface area contributed by atoms with E-state index in [1.807, 2.05) is 32.0 Å². The van der Waals surface area contributed by atoms with Gasteiger partial charge < -0.3 is 14.5 Å². The molecule has 0 saturated heterocycles. The Kier molecular flexibility index (Phi) is 6.65. The molecule has 1 aromatic carbocycles. The molecule has 0 aliphatic rings. The van der Waals surface area contributed by atoms with Gasteiger partial charge in [0.05, 0.1) is 18.7 Å². The predicted molar refractivity (Wildman–Crippen MR) is 99.2 cm³/mol. The molecule has 1 aromatic heterocycles. The van der Waals surface area contributed by atoms with E-state index in [1.165, 1.54) is 0 Å². The summed E-state index contributed by atoms with van der Waals surface area (Å²) >= 11 is 0. The first-order chi connectivity index (χ1) is 12.0. The monoisotopic (exact) mass is 344 g/mol. The van der Waals surface area contributed by atoms with E-state index in [9.17, 15) is 4.79 Å². The van der Waals surface area contributed by atoms with E-state index in [0.717, 1.165) is 30.2 Å². The third-order valence-corrected chi connectivity index (χ3v) is 4.47. The molecule has 1 N–H and O–H groups in total. The first kappa shape index (κ1) is 19.1. The fourth-order valence-corrected chi connectivity index (χ4v) is 3.11. The first-order valence-corrected chi connectivity index (χ1v) is 8.73. The van der Waals surface area contributed by atoms with E-state index in [4.69, 9.17) is 9.15 Å². The lowest BCUT2D eigenvalue weighted by Crippen LogP contribution is -2.38. The SMILES string of the molecule is CCN(CC)C(CNC(=O)c1cc(C)oc1C)c1cccc(OC)c1. The molecule has 2 aromatic rings. The van der Waals surface area contributed by atoms with Gasteiger partial charge in [0.2, 0.25) is 0 Å². The van der Waals surface area contributed by atoms with Crippen molar-refractivity contribution in [1.29, 1.82) is 0 Å². The summed E-state index contributed by atoms with van der Waals surface area (Å²) in [6, 6.07) is 9.88. The van der Waals surface area contributed by atoms with Crippen molar-refractivity contribution in [1.82, 2.24) is 10.2 Å². The molecule has 2 rings (SSSR count). The summed E-state index contributed by atoms with van der Waals surface area (Å²) in [6.07, 6.45) is 0. The van der Waals surface area contributed by atoms with Crippen molar-refractivity contribution >= 4 is 5.91 Å². The molecule has 0 fully saturated rings. The van der Waals surface area contributed by atoms with Gasteiger partial charge in [-0.25, -0.2) is 0 Å². The maximum atomic E-state index is 12.5. The summed E-state index contributed by atoms with van der Waals surface area (Å²) in [6.45, 7) is 10.2. The van der Waals surface area contributed by atoms with Crippen LogP contribution in [-0.2, 0) is 0 Å². The molecule has 1 unspecified atom stereocenters. The molecule has 25 heavy (non-hydrogen) atoms. The number of methoxy groups -OCH3 is 1. The molecule has 1 amide bonds. The molecule has 0 saturated carbocycles. The van der Waals surface area contributed by atoms with Gasteiger partial charge in [-0.1, -0.05) is 26.0 Å². The number of benzene rings is 1. The minimum absolute atomic E-state index is 0.0855. The topological polar surface area (TPSA) is 54.7 Å². The number of ether oxygens (including phenoxy) is 1. The van der Waals surface area contributed by atoms with Gasteiger partial charge in [-0.2, -0.15) is 0 Å². The Bertz CT molecular complexity index is 705. The Morgan fingerprint density at radius 3 is 2.52 bits per heavy atom. The van der Waals surface area contributed by atoms with E-state index in [1.54, 1.807) is 13.2 Å². The number of carbonyl (C=O) groups excluding carboxylic acids is 1. The summed E-state index contributed by atoms with van der Waals surface area (Å²) in [7, 11) is 1.66. The number of carbonyl (C=O) groups is 1. The fraction of sp³-hybridized carbons (Fsp3) is 0.450. The van der Waals surface area contributed by atoms with Crippen LogP contribution in [0.5, 0.6) is 5.75 Å². The zero-order chi connectivity index (χ0) is 18.4. The van der Waals surface area contributed by atoms with Gasteiger partial charge in [-0.15, -0.1) is 0 Å². The van der Waals surface area contributed by atoms with E-state index >= 15 is 0 Å². The average Bonchev–Trinajstić information content (AvgIpc) is 2.96. The number of furan rings is 1. The van der Waals surface area contributed by atoms with Gasteiger partial charge in [0, 0.05) is 6.54 Å². The quantitative estimate of drug-likeness (QED) is 0.793. The van der Waals surface area contributed by atoms with Gasteiger partial charge in [-0.3, -0.25) is 9.69 Å². The number of rotatable bonds is 8. The molecule has 0 bridgehead atoms. The lowest BCUT2D eigenvalue weighted by molar-refractivity contribution is 0.0933. The van der Waals surface area contributed by atoms with E-state index in [2.05, 4.69) is 30.1 Å². The van der Waals surface area contributed by atoms with Gasteiger partial charge in [0.1, 0.15) is 17.3 Å². The van der Waals surface area contributed by atoms with Gasteiger partial charge in [-0.05, 0) is 50.7 Å². The van der Waals surface area contributed by atoms with Crippen LogP contribution < -0.4 is 10.1 Å². The van der Waals surface area contributed by atoms with Crippen LogP contribution in [0.15, 0.2) is 34.7 Å². The highest BCUT2D eigenvalue weighted by Crippen LogP contribution is 2.24. The minimum atomic E-state index is -0.102. The van der Waals surface area contributed by atoms with Crippen LogP contribution in [0.25, 0.3) is 0 Å². The Morgan fingerprint density at radius 2 is 1.96 bits per heavy atom. The van der Waals surface area contributed by atoms with Crippen LogP contribution >= 0.6 is 0 Å². The molecule has 0 aliphatic heterocycles. The van der Waals surface area contributed by atoms with Crippen molar-refractivity contribution in [3.8, 4) is 5.75 Å². The van der Waals surface area contributed by atoms with Crippen LogP contribution in [0.3, 0.4) is 0 Å². The van der Waals surface area contributed by atoms with Crippen LogP contribution in [0, 0.1) is 13.8 Å². The lowest BCUT2D eigenvalue weighted by atomic mass is 10.0. The zero-order valence-electron chi connectivity index (χ0n) is 15.8. The number of nitrogens with zero attached hydrogens (tertiary/aromatic N) is 1. The Balaban J connectivity index is 2.18. The van der Waals surface area contributed by atoms with E-state index < -0.39 is 0 Å². The summed E-state index contributed by atoms with van der Waals surface area (Å²) in [5, 5.41) is 3.06. The standard InChI is InChI=1S/C20H28N2O3/c1-6-22(7-2)19(16-9-8-10-17(12-16)24-5)13-21-20(23)18-11-14(3)25-15(18)4/h8-12,19H,6-7,13H2,1-5H3,(H,21,23). The third-order valence-electron chi connectivity index (χ3n) is 4.47. The van der Waals surface area contributed by atoms with Crippen molar-refractivity contribution in [3.05, 3.63) is 53.0 Å². The Hall–Kier alpha value is -2.27. The number of aryl methyl sites for hydroxylation is 2. The molecule has 0 radical (unpaired) electrons. The number of hydrogen-bond donors (Lipinski definition) is 1. The summed E-state index contributed by atoms with van der Waals surface area (Å²) in [5.74, 6) is 2.11. The highest BCUT2D eigenvalue weighted by Gasteiger charge is 2.21. The van der Waals surface area contributed by atoms with Gasteiger partial charge >= 0.3 is 0 Å². The molecule has 136 valence electrons. The largest absolute Gasteiger partial charge is 0.497 e. The molecular formula is C20H28N2O3. The molecule has 5 nitrogen and oxygen atoms in total. The molecule has 0 aliphatic carbocycles. The summed E-state index contributed by atoms with van der Waals surface area (Å²) in [4.78, 5) is 14.8. The average molecular weight is 344 g/mol. The normalized spacial score (nSPS) is 12.2. The first-order valence-electron chi connectivity index (χ1n) is 8.73. The predicted octanol–water partition coefficient (Wildman–Crippen LogP) is 3.72. The fourth-order valence-electron chi connectivity index (χ4n) is 3.11. The highest BCUT2D eigenvalue weighted by molar-refractivity contribution is 5.95. The minimum Gasteiger partial charge on any atom is -0.497 e. The van der Waals surface area contributed by atoms with Crippen LogP contribution in [0.1, 0.15) is 47.3 Å². The number of amides is 1. The van der Waals surface area contributed by atoms with E-state index in [0.29, 0.717) is 17.9 Å². The Morgan fingerprint density at radius 1 is 1.24 bits per heavy atom. The number of likely N-dealkylation sites (N-methyl/N-ethyl adjacent to an activating group) is 1. The van der Waals surface area contributed by atoms with Crippen LogP contribution in [0.2, 0.25) is 0 Å². The van der Waals surface area contributed by atoms with Crippen molar-refractivity contribution in [2.24, 2.45) is 0 Å². The molecule has 1 heterocycles. The second kappa shape index (κ2) is 8.72. The van der Waals surface area contributed by atoms with Crippen LogP contribution in [-0.4, -0.2) is 37.6 Å². The van der Waals surface area contributed by atoms with Gasteiger partial charge in [0.15, 0.2) is 0 Å². The zero-order valence-corrected chi connectivity index (χ0v) is 15.8. The summed E-state index contributed by atoms with van der Waals surface area (Å²) < 4.78 is 10.8. The van der Waals surface area contributed by atoms with Crippen LogP contribution in [0.4, 0.5) is 0 Å². The smallest absolute Gasteiger partial charge is 0.254 e. The number of hydrogen-bond acceptors (Lipinski definition) is 4. The maximum absolute atomic E-state index is 12.5. The van der Waals surface area contributed by atoms with Crippen molar-refractivity contribution < 1.29 is 13.9 Å². The second-order valence-electron chi connectivity index (χ2n) is 6.05. The molecular weight excluding hydrogens is 316 g/mol. The summed E-state index contributed by atoms with van der Waals surface area (Å²) in [5.41, 5.74) is 1.73. The highest BCUT2D eigenvalue weighted by atomic mass is 16.5. The van der Waals surface area contributed by atoms with E-state index in [-0.39, 0.29) is 11.9 Å². The van der Waals surface area contributed by atoms with Crippen molar-refractivity contribution in [2.45, 2.75) is 33.7 Å². The third kappa shape index (κ3) is 4.63.